The summed E-state index contributed by atoms with van der Waals surface area (Å²) in [5, 5.41) is 27.6. The monoisotopic (exact) mass is 452 g/mol. The van der Waals surface area contributed by atoms with Crippen molar-refractivity contribution in [1.29, 1.82) is 0 Å². The molecule has 11 nitrogen and oxygen atoms in total. The molecule has 33 heavy (non-hydrogen) atoms. The second kappa shape index (κ2) is 9.82. The number of carbonyl (C=O) groups excluding carboxylic acids is 1. The number of anilines is 1. The van der Waals surface area contributed by atoms with Crippen molar-refractivity contribution in [2.45, 2.75) is 32.4 Å². The minimum Gasteiger partial charge on any atom is -0.530 e. The van der Waals surface area contributed by atoms with Crippen LogP contribution < -0.4 is 15.7 Å². The van der Waals surface area contributed by atoms with Crippen LogP contribution in [-0.2, 0) is 6.54 Å². The Hall–Kier alpha value is -3.73. The number of fused-ring (bicyclic) bond motifs is 1. The van der Waals surface area contributed by atoms with Crippen molar-refractivity contribution < 1.29 is 14.8 Å². The lowest BCUT2D eigenvalue weighted by Gasteiger charge is -2.32. The molecule has 1 aliphatic heterocycles. The van der Waals surface area contributed by atoms with E-state index in [0.717, 1.165) is 37.3 Å². The summed E-state index contributed by atoms with van der Waals surface area (Å²) in [5.41, 5.74) is 3.13. The first-order chi connectivity index (χ1) is 15.9. The predicted octanol–water partition coefficient (Wildman–Crippen LogP) is 1.51. The Kier molecular flexibility index (Phi) is 6.68. The Labute approximate surface area is 190 Å². The number of hydrogen-bond acceptors (Lipinski definition) is 8. The van der Waals surface area contributed by atoms with Crippen LogP contribution in [-0.4, -0.2) is 62.7 Å². The van der Waals surface area contributed by atoms with Gasteiger partial charge in [0.2, 0.25) is 5.95 Å². The molecule has 174 valence electrons. The van der Waals surface area contributed by atoms with Crippen molar-refractivity contribution in [2.24, 2.45) is 0 Å². The SMILES string of the molecule is Cc1cccc(Cn2c(NC3CCN(CCNC(=O)[O-])CC3)nc3ccc([N+](=O)[O-])cc32)n1. The lowest BCUT2D eigenvalue weighted by atomic mass is 10.1. The maximum atomic E-state index is 11.3. The third-order valence-corrected chi connectivity index (χ3v) is 5.83. The fourth-order valence-electron chi connectivity index (χ4n) is 4.14. The zero-order valence-corrected chi connectivity index (χ0v) is 18.4. The van der Waals surface area contributed by atoms with Crippen LogP contribution in [0.1, 0.15) is 24.2 Å². The summed E-state index contributed by atoms with van der Waals surface area (Å²) in [7, 11) is 0. The average Bonchev–Trinajstić information content (AvgIpc) is 3.11. The minimum atomic E-state index is -1.26. The third-order valence-electron chi connectivity index (χ3n) is 5.83. The molecule has 11 heteroatoms. The number of aryl methyl sites for hydroxylation is 1. The molecule has 0 spiro atoms. The fraction of sp³-hybridized carbons (Fsp3) is 0.409. The molecular formula is C22H26N7O4-. The van der Waals surface area contributed by atoms with Gasteiger partial charge in [0.05, 0.1) is 28.2 Å². The standard InChI is InChI=1S/C22H27N7O4/c1-15-3-2-4-17(24-15)14-28-20-13-18(29(32)33)5-6-19(20)26-21(28)25-16-7-10-27(11-8-16)12-9-23-22(30)31/h2-6,13,16,23H,7-12,14H2,1H3,(H,25,26)(H,30,31)/p-1. The number of piperidine rings is 1. The van der Waals surface area contributed by atoms with E-state index >= 15 is 0 Å². The lowest BCUT2D eigenvalue weighted by Crippen LogP contribution is -2.45. The van der Waals surface area contributed by atoms with E-state index in [-0.39, 0.29) is 11.7 Å². The van der Waals surface area contributed by atoms with Gasteiger partial charge >= 0.3 is 0 Å². The number of nitrogens with one attached hydrogen (secondary N) is 2. The highest BCUT2D eigenvalue weighted by Gasteiger charge is 2.22. The van der Waals surface area contributed by atoms with Gasteiger partial charge in [0.25, 0.3) is 5.69 Å². The number of carboxylic acid groups (broad SMARTS) is 1. The molecular weight excluding hydrogens is 426 g/mol. The van der Waals surface area contributed by atoms with Gasteiger partial charge in [0, 0.05) is 50.0 Å². The van der Waals surface area contributed by atoms with Crippen molar-refractivity contribution in [3.8, 4) is 0 Å². The van der Waals surface area contributed by atoms with Gasteiger partial charge in [0.15, 0.2) is 0 Å². The van der Waals surface area contributed by atoms with Crippen molar-refractivity contribution >= 4 is 28.8 Å². The van der Waals surface area contributed by atoms with E-state index in [9.17, 15) is 20.0 Å². The van der Waals surface area contributed by atoms with Gasteiger partial charge in [-0.3, -0.25) is 15.1 Å². The fourth-order valence-corrected chi connectivity index (χ4v) is 4.14. The molecule has 1 fully saturated rings. The summed E-state index contributed by atoms with van der Waals surface area (Å²) < 4.78 is 1.94. The second-order valence-corrected chi connectivity index (χ2v) is 8.20. The number of rotatable bonds is 8. The van der Waals surface area contributed by atoms with E-state index < -0.39 is 11.0 Å². The van der Waals surface area contributed by atoms with Crippen molar-refractivity contribution in [2.75, 3.05) is 31.5 Å². The molecule has 0 saturated carbocycles. The number of amides is 1. The first-order valence-electron chi connectivity index (χ1n) is 10.9. The lowest BCUT2D eigenvalue weighted by molar-refractivity contribution is -0.384. The number of pyridine rings is 1. The van der Waals surface area contributed by atoms with Crippen LogP contribution in [0.2, 0.25) is 0 Å². The minimum absolute atomic E-state index is 0.0193. The maximum absolute atomic E-state index is 11.3. The Morgan fingerprint density at radius 1 is 1.21 bits per heavy atom. The number of benzene rings is 1. The largest absolute Gasteiger partial charge is 0.530 e. The molecule has 2 aromatic heterocycles. The van der Waals surface area contributed by atoms with E-state index in [1.807, 2.05) is 29.7 Å². The molecule has 1 aromatic carbocycles. The highest BCUT2D eigenvalue weighted by molar-refractivity contribution is 5.81. The van der Waals surface area contributed by atoms with Crippen LogP contribution >= 0.6 is 0 Å². The Morgan fingerprint density at radius 3 is 2.70 bits per heavy atom. The first-order valence-corrected chi connectivity index (χ1v) is 10.9. The topological polar surface area (TPSA) is 141 Å². The van der Waals surface area contributed by atoms with E-state index in [0.29, 0.717) is 36.6 Å². The maximum Gasteiger partial charge on any atom is 0.271 e. The van der Waals surface area contributed by atoms with E-state index in [2.05, 4.69) is 20.5 Å². The number of imidazole rings is 1. The summed E-state index contributed by atoms with van der Waals surface area (Å²) in [6, 6.07) is 10.7. The highest BCUT2D eigenvalue weighted by Crippen LogP contribution is 2.27. The van der Waals surface area contributed by atoms with Gasteiger partial charge in [-0.1, -0.05) is 6.07 Å². The molecule has 0 unspecified atom stereocenters. The number of nitro groups is 1. The molecule has 3 aromatic rings. The summed E-state index contributed by atoms with van der Waals surface area (Å²) in [6.45, 7) is 5.01. The molecule has 3 heterocycles. The van der Waals surface area contributed by atoms with Crippen LogP contribution in [0.15, 0.2) is 36.4 Å². The van der Waals surface area contributed by atoms with Crippen LogP contribution in [0.5, 0.6) is 0 Å². The predicted molar refractivity (Wildman–Crippen MR) is 121 cm³/mol. The van der Waals surface area contributed by atoms with Crippen LogP contribution in [0, 0.1) is 17.0 Å². The average molecular weight is 452 g/mol. The Balaban J connectivity index is 1.53. The van der Waals surface area contributed by atoms with Crippen molar-refractivity contribution in [3.05, 3.63) is 57.9 Å². The Bertz CT molecular complexity index is 1150. The van der Waals surface area contributed by atoms with Gasteiger partial charge in [-0.15, -0.1) is 0 Å². The van der Waals surface area contributed by atoms with E-state index in [1.165, 1.54) is 6.07 Å². The molecule has 0 atom stereocenters. The Morgan fingerprint density at radius 2 is 2.00 bits per heavy atom. The van der Waals surface area contributed by atoms with Gasteiger partial charge in [0.1, 0.15) is 6.09 Å². The third kappa shape index (κ3) is 5.55. The molecule has 1 aliphatic rings. The normalized spacial score (nSPS) is 14.9. The van der Waals surface area contributed by atoms with Crippen LogP contribution in [0.3, 0.4) is 0 Å². The number of aromatic nitrogens is 3. The highest BCUT2D eigenvalue weighted by atomic mass is 16.6. The molecule has 1 amide bonds. The van der Waals surface area contributed by atoms with Gasteiger partial charge in [-0.2, -0.15) is 0 Å². The van der Waals surface area contributed by atoms with Crippen LogP contribution in [0.25, 0.3) is 11.0 Å². The number of likely N-dealkylation sites (tertiary alicyclic amines) is 1. The summed E-state index contributed by atoms with van der Waals surface area (Å²) in [5.74, 6) is 0.658. The molecule has 0 radical (unpaired) electrons. The second-order valence-electron chi connectivity index (χ2n) is 8.20. The smallest absolute Gasteiger partial charge is 0.271 e. The van der Waals surface area contributed by atoms with E-state index in [1.54, 1.807) is 12.1 Å². The first kappa shape index (κ1) is 22.5. The molecule has 4 rings (SSSR count). The van der Waals surface area contributed by atoms with Crippen LogP contribution in [0.4, 0.5) is 16.4 Å². The van der Waals surface area contributed by atoms with Gasteiger partial charge in [-0.25, -0.2) is 4.98 Å². The molecule has 2 N–H and O–H groups in total. The quantitative estimate of drug-likeness (QED) is 0.387. The summed E-state index contributed by atoms with van der Waals surface area (Å²) in [6.07, 6.45) is 0.489. The van der Waals surface area contributed by atoms with Gasteiger partial charge < -0.3 is 30.0 Å². The number of nitrogens with zero attached hydrogens (tertiary/aromatic N) is 5. The molecule has 0 aliphatic carbocycles. The van der Waals surface area contributed by atoms with Crippen molar-refractivity contribution in [3.63, 3.8) is 0 Å². The van der Waals surface area contributed by atoms with E-state index in [4.69, 9.17) is 4.98 Å². The number of non-ortho nitro benzene ring substituents is 1. The molecule has 0 bridgehead atoms. The number of hydrogen-bond donors (Lipinski definition) is 2. The van der Waals surface area contributed by atoms with Crippen molar-refractivity contribution in [1.82, 2.24) is 24.8 Å². The summed E-state index contributed by atoms with van der Waals surface area (Å²) in [4.78, 5) is 32.9. The summed E-state index contributed by atoms with van der Waals surface area (Å²) >= 11 is 0. The van der Waals surface area contributed by atoms with Gasteiger partial charge in [-0.05, 0) is 38.0 Å². The number of nitro benzene ring substituents is 1. The molecule has 1 saturated heterocycles. The number of carbonyl (C=O) groups is 1. The zero-order valence-electron chi connectivity index (χ0n) is 18.4. The zero-order chi connectivity index (χ0) is 23.4.